The zero-order chi connectivity index (χ0) is 21.6. The molecule has 0 aromatic heterocycles. The fourth-order valence-electron chi connectivity index (χ4n) is 4.68. The van der Waals surface area contributed by atoms with Crippen molar-refractivity contribution in [1.29, 1.82) is 0 Å². The molecule has 0 spiro atoms. The normalized spacial score (nSPS) is 21.0. The Morgan fingerprint density at radius 3 is 2.40 bits per heavy atom. The molecule has 2 unspecified atom stereocenters. The highest BCUT2D eigenvalue weighted by atomic mass is 16.5. The van der Waals surface area contributed by atoms with Gasteiger partial charge >= 0.3 is 5.97 Å². The average Bonchev–Trinajstić information content (AvgIpc) is 3.24. The number of nitrogens with one attached hydrogen (secondary N) is 1. The fraction of sp³-hybridized carbons (Fsp3) is 0.520. The molecule has 1 aromatic rings. The number of rotatable bonds is 9. The summed E-state index contributed by atoms with van der Waals surface area (Å²) in [6, 6.07) is 7.04. The summed E-state index contributed by atoms with van der Waals surface area (Å²) in [6.45, 7) is 2.09. The van der Waals surface area contributed by atoms with Crippen LogP contribution in [0.1, 0.15) is 56.6 Å². The smallest absolute Gasteiger partial charge is 0.326 e. The number of methoxy groups -OCH3 is 1. The summed E-state index contributed by atoms with van der Waals surface area (Å²) in [5.41, 5.74) is 1.66. The quantitative estimate of drug-likeness (QED) is 0.631. The Morgan fingerprint density at radius 1 is 1.20 bits per heavy atom. The number of carboxylic acids is 1. The second kappa shape index (κ2) is 9.96. The highest BCUT2D eigenvalue weighted by molar-refractivity contribution is 5.88. The topological polar surface area (TPSA) is 75.6 Å². The molecule has 0 saturated heterocycles. The van der Waals surface area contributed by atoms with Crippen LogP contribution in [0.3, 0.4) is 0 Å². The van der Waals surface area contributed by atoms with Crippen LogP contribution in [0.5, 0.6) is 0 Å². The van der Waals surface area contributed by atoms with Crippen molar-refractivity contribution in [3.8, 4) is 0 Å². The number of hydrogen-bond acceptors (Lipinski definition) is 3. The monoisotopic (exact) mass is 411 g/mol. The molecule has 1 fully saturated rings. The second-order valence-corrected chi connectivity index (χ2v) is 8.60. The Morgan fingerprint density at radius 2 is 1.87 bits per heavy atom. The van der Waals surface area contributed by atoms with Gasteiger partial charge in [-0.05, 0) is 61.3 Å². The van der Waals surface area contributed by atoms with E-state index >= 15 is 0 Å². The minimum absolute atomic E-state index is 0.104. The number of carboxylic acid groups (broad SMARTS) is 1. The first kappa shape index (κ1) is 22.1. The first-order valence-corrected chi connectivity index (χ1v) is 11.0. The summed E-state index contributed by atoms with van der Waals surface area (Å²) in [5, 5.41) is 12.6. The third-order valence-corrected chi connectivity index (χ3v) is 6.56. The Labute approximate surface area is 179 Å². The number of ether oxygens (including phenoxy) is 1. The minimum Gasteiger partial charge on any atom is -0.497 e. The number of carbonyl (C=O) groups excluding carboxylic acids is 1. The van der Waals surface area contributed by atoms with Gasteiger partial charge in [-0.3, -0.25) is 4.79 Å². The molecule has 2 aliphatic carbocycles. The first-order valence-electron chi connectivity index (χ1n) is 11.0. The van der Waals surface area contributed by atoms with Gasteiger partial charge in [-0.25, -0.2) is 4.79 Å². The standard InChI is InChI=1S/C25H33NO4/c1-3-18-6-8-19(9-7-18)16-22(23(27)28)26-24(29)25(14-4-5-15-25)17-20-10-12-21(30-2)13-11-20/h6-10,12-13,20,22H,3-5,11,14-17H2,1-2H3,(H,26,29)(H,27,28). The molecule has 0 heterocycles. The summed E-state index contributed by atoms with van der Waals surface area (Å²) < 4.78 is 5.26. The molecule has 2 atom stereocenters. The highest BCUT2D eigenvalue weighted by Gasteiger charge is 2.43. The van der Waals surface area contributed by atoms with Crippen molar-refractivity contribution >= 4 is 11.9 Å². The van der Waals surface area contributed by atoms with Gasteiger partial charge in [-0.1, -0.05) is 50.1 Å². The first-order chi connectivity index (χ1) is 14.5. The van der Waals surface area contributed by atoms with Gasteiger partial charge < -0.3 is 15.2 Å². The Kier molecular flexibility index (Phi) is 7.35. The number of aliphatic carboxylic acids is 1. The van der Waals surface area contributed by atoms with E-state index in [-0.39, 0.29) is 11.8 Å². The number of aryl methyl sites for hydroxylation is 1. The van der Waals surface area contributed by atoms with Crippen molar-refractivity contribution in [3.05, 3.63) is 59.4 Å². The molecule has 1 aromatic carbocycles. The van der Waals surface area contributed by atoms with E-state index in [9.17, 15) is 14.7 Å². The number of allylic oxidation sites excluding steroid dienone is 3. The molecule has 3 rings (SSSR count). The van der Waals surface area contributed by atoms with Crippen LogP contribution >= 0.6 is 0 Å². The maximum absolute atomic E-state index is 13.3. The number of carbonyl (C=O) groups is 2. The van der Waals surface area contributed by atoms with Gasteiger partial charge in [-0.15, -0.1) is 0 Å². The van der Waals surface area contributed by atoms with Crippen LogP contribution in [0.25, 0.3) is 0 Å². The van der Waals surface area contributed by atoms with Crippen LogP contribution < -0.4 is 5.32 Å². The fourth-order valence-corrected chi connectivity index (χ4v) is 4.68. The molecular formula is C25H33NO4. The lowest BCUT2D eigenvalue weighted by molar-refractivity contribution is -0.144. The lowest BCUT2D eigenvalue weighted by Crippen LogP contribution is -2.49. The van der Waals surface area contributed by atoms with Crippen molar-refractivity contribution in [2.45, 2.75) is 64.3 Å². The van der Waals surface area contributed by atoms with Gasteiger partial charge in [0.1, 0.15) is 11.8 Å². The second-order valence-electron chi connectivity index (χ2n) is 8.60. The summed E-state index contributed by atoms with van der Waals surface area (Å²) in [5.74, 6) is 0.0441. The van der Waals surface area contributed by atoms with E-state index in [1.165, 1.54) is 5.56 Å². The van der Waals surface area contributed by atoms with Crippen molar-refractivity contribution < 1.29 is 19.4 Å². The van der Waals surface area contributed by atoms with E-state index in [2.05, 4.69) is 24.4 Å². The molecule has 1 saturated carbocycles. The summed E-state index contributed by atoms with van der Waals surface area (Å²) in [7, 11) is 1.66. The predicted octanol–water partition coefficient (Wildman–Crippen LogP) is 4.42. The molecule has 162 valence electrons. The summed E-state index contributed by atoms with van der Waals surface area (Å²) >= 11 is 0. The molecule has 1 amide bonds. The molecule has 0 radical (unpaired) electrons. The molecule has 2 aliphatic rings. The van der Waals surface area contributed by atoms with E-state index in [1.807, 2.05) is 30.3 Å². The van der Waals surface area contributed by atoms with E-state index in [4.69, 9.17) is 4.74 Å². The van der Waals surface area contributed by atoms with E-state index in [0.717, 1.165) is 56.3 Å². The summed E-state index contributed by atoms with van der Waals surface area (Å²) in [4.78, 5) is 25.2. The number of benzene rings is 1. The third kappa shape index (κ3) is 5.32. The average molecular weight is 412 g/mol. The highest BCUT2D eigenvalue weighted by Crippen LogP contribution is 2.45. The predicted molar refractivity (Wildman–Crippen MR) is 117 cm³/mol. The van der Waals surface area contributed by atoms with Crippen LogP contribution in [0.15, 0.2) is 48.3 Å². The lowest BCUT2D eigenvalue weighted by atomic mass is 9.75. The molecule has 0 aliphatic heterocycles. The van der Waals surface area contributed by atoms with Crippen LogP contribution in [-0.2, 0) is 27.2 Å². The van der Waals surface area contributed by atoms with Gasteiger partial charge in [0.05, 0.1) is 7.11 Å². The number of hydrogen-bond donors (Lipinski definition) is 2. The SMILES string of the molecule is CCc1ccc(CC(NC(=O)C2(CC3C=CC(OC)=CC3)CCCC2)C(=O)O)cc1. The summed E-state index contributed by atoms with van der Waals surface area (Å²) in [6.07, 6.45) is 12.7. The Hall–Kier alpha value is -2.56. The Balaban J connectivity index is 1.68. The van der Waals surface area contributed by atoms with Crippen LogP contribution in [0.2, 0.25) is 0 Å². The lowest BCUT2D eigenvalue weighted by Gasteiger charge is -2.32. The van der Waals surface area contributed by atoms with Gasteiger partial charge in [-0.2, -0.15) is 0 Å². The molecule has 5 nitrogen and oxygen atoms in total. The molecule has 5 heteroatoms. The maximum Gasteiger partial charge on any atom is 0.326 e. The van der Waals surface area contributed by atoms with Gasteiger partial charge in [0, 0.05) is 11.8 Å². The van der Waals surface area contributed by atoms with Crippen LogP contribution in [0, 0.1) is 11.3 Å². The van der Waals surface area contributed by atoms with Crippen LogP contribution in [-0.4, -0.2) is 30.1 Å². The van der Waals surface area contributed by atoms with Gasteiger partial charge in [0.15, 0.2) is 0 Å². The largest absolute Gasteiger partial charge is 0.497 e. The zero-order valence-electron chi connectivity index (χ0n) is 18.0. The van der Waals surface area contributed by atoms with Crippen molar-refractivity contribution in [3.63, 3.8) is 0 Å². The van der Waals surface area contributed by atoms with E-state index in [1.54, 1.807) is 7.11 Å². The zero-order valence-corrected chi connectivity index (χ0v) is 18.0. The molecular weight excluding hydrogens is 378 g/mol. The Bertz CT molecular complexity index is 803. The van der Waals surface area contributed by atoms with Crippen LogP contribution in [0.4, 0.5) is 0 Å². The van der Waals surface area contributed by atoms with Gasteiger partial charge in [0.25, 0.3) is 0 Å². The molecule has 30 heavy (non-hydrogen) atoms. The molecule has 2 N–H and O–H groups in total. The molecule has 0 bridgehead atoms. The van der Waals surface area contributed by atoms with Crippen molar-refractivity contribution in [1.82, 2.24) is 5.32 Å². The minimum atomic E-state index is -0.985. The van der Waals surface area contributed by atoms with Crippen molar-refractivity contribution in [2.24, 2.45) is 11.3 Å². The maximum atomic E-state index is 13.3. The van der Waals surface area contributed by atoms with Crippen molar-refractivity contribution in [2.75, 3.05) is 7.11 Å². The van der Waals surface area contributed by atoms with E-state index < -0.39 is 17.4 Å². The van der Waals surface area contributed by atoms with E-state index in [0.29, 0.717) is 6.42 Å². The van der Waals surface area contributed by atoms with Gasteiger partial charge in [0.2, 0.25) is 5.91 Å². The number of amides is 1. The third-order valence-electron chi connectivity index (χ3n) is 6.56.